The molecule has 3 rings (SSSR count). The van der Waals surface area contributed by atoms with E-state index in [0.29, 0.717) is 23.7 Å². The van der Waals surface area contributed by atoms with Gasteiger partial charge in [-0.25, -0.2) is 8.78 Å². The third-order valence-electron chi connectivity index (χ3n) is 4.43. The monoisotopic (exact) mass is 384 g/mol. The van der Waals surface area contributed by atoms with Gasteiger partial charge in [-0.3, -0.25) is 4.79 Å². The van der Waals surface area contributed by atoms with Crippen molar-refractivity contribution in [1.29, 1.82) is 0 Å². The van der Waals surface area contributed by atoms with Gasteiger partial charge in [0, 0.05) is 29.8 Å². The second kappa shape index (κ2) is 8.25. The van der Waals surface area contributed by atoms with Crippen LogP contribution in [0.15, 0.2) is 30.3 Å². The summed E-state index contributed by atoms with van der Waals surface area (Å²) < 4.78 is 27.4. The number of hydrogen-bond acceptors (Lipinski definition) is 3. The minimum absolute atomic E-state index is 0.0310. The molecule has 0 radical (unpaired) electrons. The number of nitrogens with one attached hydrogen (secondary N) is 2. The molecule has 2 unspecified atom stereocenters. The molecule has 1 aliphatic heterocycles. The van der Waals surface area contributed by atoms with Crippen molar-refractivity contribution in [1.82, 2.24) is 10.6 Å². The van der Waals surface area contributed by atoms with E-state index in [-0.39, 0.29) is 17.9 Å². The Morgan fingerprint density at radius 3 is 2.84 bits per heavy atom. The van der Waals surface area contributed by atoms with Gasteiger partial charge < -0.3 is 10.6 Å². The molecule has 1 fully saturated rings. The third kappa shape index (κ3) is 4.77. The highest BCUT2D eigenvalue weighted by Crippen LogP contribution is 2.27. The van der Waals surface area contributed by atoms with Gasteiger partial charge in [0.2, 0.25) is 5.91 Å². The second-order valence-electron chi connectivity index (χ2n) is 6.15. The molecular formula is C18H19ClF2N2OS. The van der Waals surface area contributed by atoms with Gasteiger partial charge in [-0.05, 0) is 49.2 Å². The van der Waals surface area contributed by atoms with E-state index in [4.69, 9.17) is 11.6 Å². The molecule has 0 saturated carbocycles. The van der Waals surface area contributed by atoms with Crippen molar-refractivity contribution in [2.75, 3.05) is 13.1 Å². The van der Waals surface area contributed by atoms with E-state index < -0.39 is 11.6 Å². The molecule has 1 saturated heterocycles. The lowest BCUT2D eigenvalue weighted by Crippen LogP contribution is -2.50. The zero-order valence-corrected chi connectivity index (χ0v) is 15.1. The highest BCUT2D eigenvalue weighted by molar-refractivity contribution is 7.16. The minimum Gasteiger partial charge on any atom is -0.351 e. The van der Waals surface area contributed by atoms with Crippen LogP contribution >= 0.6 is 22.9 Å². The van der Waals surface area contributed by atoms with Gasteiger partial charge in [0.25, 0.3) is 0 Å². The largest absolute Gasteiger partial charge is 0.351 e. The van der Waals surface area contributed by atoms with Crippen LogP contribution in [-0.2, 0) is 11.2 Å². The third-order valence-corrected chi connectivity index (χ3v) is 5.72. The number of benzene rings is 1. The lowest BCUT2D eigenvalue weighted by Gasteiger charge is -2.33. The standard InChI is InChI=1S/C18H19ClF2N2OS/c19-17-5-2-12(25-17)3-6-18(24)23-16-10-22-8-7-13(16)11-1-4-14(20)15(21)9-11/h1-2,4-5,9,13,16,22H,3,6-8,10H2,(H,23,24). The number of thiophene rings is 1. The summed E-state index contributed by atoms with van der Waals surface area (Å²) >= 11 is 7.37. The molecule has 1 aliphatic rings. The number of halogens is 3. The molecule has 2 aromatic rings. The van der Waals surface area contributed by atoms with E-state index in [1.807, 2.05) is 12.1 Å². The molecule has 2 atom stereocenters. The Balaban J connectivity index is 1.62. The van der Waals surface area contributed by atoms with Gasteiger partial charge >= 0.3 is 0 Å². The van der Waals surface area contributed by atoms with Gasteiger partial charge in [0.05, 0.1) is 4.34 Å². The topological polar surface area (TPSA) is 41.1 Å². The maximum Gasteiger partial charge on any atom is 0.220 e. The van der Waals surface area contributed by atoms with E-state index in [1.54, 1.807) is 6.07 Å². The maximum atomic E-state index is 13.5. The first-order valence-corrected chi connectivity index (χ1v) is 9.41. The average molecular weight is 385 g/mol. The average Bonchev–Trinajstić information content (AvgIpc) is 3.02. The van der Waals surface area contributed by atoms with Gasteiger partial charge in [-0.2, -0.15) is 0 Å². The summed E-state index contributed by atoms with van der Waals surface area (Å²) in [4.78, 5) is 13.4. The van der Waals surface area contributed by atoms with Gasteiger partial charge in [-0.15, -0.1) is 11.3 Å². The number of piperidine rings is 1. The Morgan fingerprint density at radius 2 is 2.12 bits per heavy atom. The van der Waals surface area contributed by atoms with Crippen molar-refractivity contribution in [3.8, 4) is 0 Å². The van der Waals surface area contributed by atoms with Crippen molar-refractivity contribution in [2.45, 2.75) is 31.2 Å². The molecule has 3 nitrogen and oxygen atoms in total. The molecule has 7 heteroatoms. The zero-order chi connectivity index (χ0) is 17.8. The van der Waals surface area contributed by atoms with Crippen LogP contribution in [-0.4, -0.2) is 25.0 Å². The lowest BCUT2D eigenvalue weighted by atomic mass is 9.86. The lowest BCUT2D eigenvalue weighted by molar-refractivity contribution is -0.122. The Hall–Kier alpha value is -1.50. The van der Waals surface area contributed by atoms with Crippen LogP contribution in [0.2, 0.25) is 4.34 Å². The van der Waals surface area contributed by atoms with E-state index in [9.17, 15) is 13.6 Å². The van der Waals surface area contributed by atoms with E-state index in [1.165, 1.54) is 17.4 Å². The Labute approximate surface area is 154 Å². The molecule has 0 bridgehead atoms. The normalized spacial score (nSPS) is 20.4. The number of aryl methyl sites for hydroxylation is 1. The van der Waals surface area contributed by atoms with Gasteiger partial charge in [-0.1, -0.05) is 17.7 Å². The summed E-state index contributed by atoms with van der Waals surface area (Å²) in [5.41, 5.74) is 0.718. The summed E-state index contributed by atoms with van der Waals surface area (Å²) in [6.07, 6.45) is 1.77. The smallest absolute Gasteiger partial charge is 0.220 e. The Kier molecular flexibility index (Phi) is 6.04. The van der Waals surface area contributed by atoms with Crippen LogP contribution in [0.3, 0.4) is 0 Å². The first-order chi connectivity index (χ1) is 12.0. The van der Waals surface area contributed by atoms with Crippen LogP contribution in [0.25, 0.3) is 0 Å². The first kappa shape index (κ1) is 18.3. The SMILES string of the molecule is O=C(CCc1ccc(Cl)s1)NC1CNCCC1c1ccc(F)c(F)c1. The highest BCUT2D eigenvalue weighted by atomic mass is 35.5. The van der Waals surface area contributed by atoms with E-state index in [0.717, 1.165) is 29.5 Å². The molecule has 1 aromatic heterocycles. The predicted molar refractivity (Wildman–Crippen MR) is 96.2 cm³/mol. The molecule has 0 aliphatic carbocycles. The molecule has 1 amide bonds. The number of carbonyl (C=O) groups excluding carboxylic acids is 1. The quantitative estimate of drug-likeness (QED) is 0.821. The van der Waals surface area contributed by atoms with Crippen molar-refractivity contribution in [3.63, 3.8) is 0 Å². The van der Waals surface area contributed by atoms with Crippen LogP contribution in [0.5, 0.6) is 0 Å². The summed E-state index contributed by atoms with van der Waals surface area (Å²) in [6.45, 7) is 1.39. The molecule has 0 spiro atoms. The zero-order valence-electron chi connectivity index (χ0n) is 13.5. The predicted octanol–water partition coefficient (Wildman–Crippen LogP) is 3.87. The van der Waals surface area contributed by atoms with E-state index in [2.05, 4.69) is 10.6 Å². The summed E-state index contributed by atoms with van der Waals surface area (Å²) in [5, 5.41) is 6.28. The maximum absolute atomic E-state index is 13.5. The summed E-state index contributed by atoms with van der Waals surface area (Å²) in [6, 6.07) is 7.58. The Bertz CT molecular complexity index is 752. The number of rotatable bonds is 5. The van der Waals surface area contributed by atoms with Crippen molar-refractivity contribution < 1.29 is 13.6 Å². The molecule has 1 aromatic carbocycles. The minimum atomic E-state index is -0.854. The molecular weight excluding hydrogens is 366 g/mol. The van der Waals surface area contributed by atoms with Crippen LogP contribution < -0.4 is 10.6 Å². The molecule has 25 heavy (non-hydrogen) atoms. The molecule has 134 valence electrons. The first-order valence-electron chi connectivity index (χ1n) is 8.22. The van der Waals surface area contributed by atoms with Crippen molar-refractivity contribution >= 4 is 28.8 Å². The van der Waals surface area contributed by atoms with Gasteiger partial charge in [0.1, 0.15) is 0 Å². The van der Waals surface area contributed by atoms with Crippen LogP contribution in [0.1, 0.15) is 29.2 Å². The number of hydrogen-bond donors (Lipinski definition) is 2. The molecule has 2 N–H and O–H groups in total. The van der Waals surface area contributed by atoms with Crippen molar-refractivity contribution in [3.05, 3.63) is 56.7 Å². The number of carbonyl (C=O) groups is 1. The summed E-state index contributed by atoms with van der Waals surface area (Å²) in [5.74, 6) is -1.79. The second-order valence-corrected chi connectivity index (χ2v) is 7.95. The summed E-state index contributed by atoms with van der Waals surface area (Å²) in [7, 11) is 0. The fourth-order valence-corrected chi connectivity index (χ4v) is 4.24. The van der Waals surface area contributed by atoms with Crippen LogP contribution in [0.4, 0.5) is 8.78 Å². The fourth-order valence-electron chi connectivity index (χ4n) is 3.15. The van der Waals surface area contributed by atoms with Crippen molar-refractivity contribution in [2.24, 2.45) is 0 Å². The fraction of sp³-hybridized carbons (Fsp3) is 0.389. The Morgan fingerprint density at radius 1 is 1.28 bits per heavy atom. The van der Waals surface area contributed by atoms with Crippen LogP contribution in [0, 0.1) is 11.6 Å². The number of amides is 1. The van der Waals surface area contributed by atoms with E-state index >= 15 is 0 Å². The molecule has 2 heterocycles. The van der Waals surface area contributed by atoms with Gasteiger partial charge in [0.15, 0.2) is 11.6 Å². The highest BCUT2D eigenvalue weighted by Gasteiger charge is 2.28.